The molecule has 1 fully saturated rings. The van der Waals surface area contributed by atoms with Crippen molar-refractivity contribution in [1.82, 2.24) is 9.55 Å². The van der Waals surface area contributed by atoms with Gasteiger partial charge in [-0.05, 0) is 43.4 Å². The lowest BCUT2D eigenvalue weighted by Crippen LogP contribution is -2.01. The first kappa shape index (κ1) is 12.3. The Morgan fingerprint density at radius 3 is 2.79 bits per heavy atom. The topological polar surface area (TPSA) is 29.9 Å². The van der Waals surface area contributed by atoms with Crippen LogP contribution in [0.2, 0.25) is 0 Å². The highest BCUT2D eigenvalue weighted by atomic mass is 15.2. The van der Waals surface area contributed by atoms with E-state index in [0.29, 0.717) is 12.0 Å². The van der Waals surface area contributed by atoms with Gasteiger partial charge in [0.05, 0.1) is 5.69 Å². The fraction of sp³-hybridized carbons (Fsp3) is 0.438. The second-order valence-electron chi connectivity index (χ2n) is 5.75. The average Bonchev–Trinajstić information content (AvgIpc) is 3.15. The minimum atomic E-state index is 0.548. The summed E-state index contributed by atoms with van der Waals surface area (Å²) in [5.74, 6) is 1.52. The molecule has 3 heteroatoms. The summed E-state index contributed by atoms with van der Waals surface area (Å²) >= 11 is 0. The minimum Gasteiger partial charge on any atom is -0.326 e. The zero-order chi connectivity index (χ0) is 13.4. The lowest BCUT2D eigenvalue weighted by molar-refractivity contribution is 0.750. The van der Waals surface area contributed by atoms with Crippen LogP contribution in [0.1, 0.15) is 49.9 Å². The van der Waals surface area contributed by atoms with Gasteiger partial charge >= 0.3 is 0 Å². The molecule has 0 amide bonds. The molecule has 0 radical (unpaired) electrons. The predicted molar refractivity (Wildman–Crippen MR) is 79.0 cm³/mol. The molecule has 0 atom stereocenters. The molecule has 1 heterocycles. The van der Waals surface area contributed by atoms with E-state index in [9.17, 15) is 0 Å². The van der Waals surface area contributed by atoms with Crippen molar-refractivity contribution in [2.75, 3.05) is 5.32 Å². The van der Waals surface area contributed by atoms with Crippen molar-refractivity contribution < 1.29 is 0 Å². The van der Waals surface area contributed by atoms with Gasteiger partial charge in [-0.25, -0.2) is 4.98 Å². The van der Waals surface area contributed by atoms with E-state index in [1.165, 1.54) is 18.4 Å². The van der Waals surface area contributed by atoms with Gasteiger partial charge in [0.15, 0.2) is 0 Å². The van der Waals surface area contributed by atoms with E-state index in [1.807, 2.05) is 0 Å². The lowest BCUT2D eigenvalue weighted by atomic mass is 10.0. The van der Waals surface area contributed by atoms with Gasteiger partial charge < -0.3 is 9.88 Å². The molecule has 0 saturated heterocycles. The van der Waals surface area contributed by atoms with Crippen molar-refractivity contribution in [3.63, 3.8) is 0 Å². The largest absolute Gasteiger partial charge is 0.326 e. The maximum Gasteiger partial charge on any atom is 0.207 e. The van der Waals surface area contributed by atoms with Crippen LogP contribution in [0, 0.1) is 6.92 Å². The van der Waals surface area contributed by atoms with Gasteiger partial charge in [0, 0.05) is 17.9 Å². The van der Waals surface area contributed by atoms with Gasteiger partial charge in [-0.3, -0.25) is 0 Å². The maximum atomic E-state index is 4.59. The van der Waals surface area contributed by atoms with Crippen molar-refractivity contribution in [1.29, 1.82) is 0 Å². The Balaban J connectivity index is 1.86. The number of hydrogen-bond acceptors (Lipinski definition) is 2. The number of nitrogens with zero attached hydrogens (tertiary/aromatic N) is 2. The number of aryl methyl sites for hydroxylation is 1. The first-order valence-electron chi connectivity index (χ1n) is 7.06. The Bertz CT molecular complexity index is 579. The quantitative estimate of drug-likeness (QED) is 0.878. The third kappa shape index (κ3) is 2.65. The molecule has 0 aliphatic heterocycles. The summed E-state index contributed by atoms with van der Waals surface area (Å²) in [5, 5.41) is 3.46. The number of rotatable bonds is 4. The van der Waals surface area contributed by atoms with Gasteiger partial charge in [-0.15, -0.1) is 0 Å². The summed E-state index contributed by atoms with van der Waals surface area (Å²) in [6.07, 6.45) is 4.69. The van der Waals surface area contributed by atoms with E-state index >= 15 is 0 Å². The number of nitrogens with one attached hydrogen (secondary N) is 1. The summed E-state index contributed by atoms with van der Waals surface area (Å²) < 4.78 is 2.28. The van der Waals surface area contributed by atoms with Crippen LogP contribution in [-0.2, 0) is 0 Å². The molecular formula is C16H21N3. The third-order valence-electron chi connectivity index (χ3n) is 3.60. The highest BCUT2D eigenvalue weighted by Crippen LogP contribution is 2.38. The molecule has 1 aliphatic carbocycles. The summed E-state index contributed by atoms with van der Waals surface area (Å²) in [4.78, 5) is 4.59. The molecule has 1 aromatic carbocycles. The predicted octanol–water partition coefficient (Wildman–Crippen LogP) is 4.39. The van der Waals surface area contributed by atoms with Crippen molar-refractivity contribution in [2.24, 2.45) is 0 Å². The van der Waals surface area contributed by atoms with Gasteiger partial charge in [-0.2, -0.15) is 0 Å². The fourth-order valence-electron chi connectivity index (χ4n) is 2.34. The highest BCUT2D eigenvalue weighted by Gasteiger charge is 2.26. The first-order valence-corrected chi connectivity index (χ1v) is 7.06. The molecule has 0 spiro atoms. The van der Waals surface area contributed by atoms with Gasteiger partial charge in [-0.1, -0.05) is 26.0 Å². The normalized spacial score (nSPS) is 14.9. The molecule has 1 N–H and O–H groups in total. The van der Waals surface area contributed by atoms with Crippen LogP contribution in [0.25, 0.3) is 0 Å². The Morgan fingerprint density at radius 1 is 1.32 bits per heavy atom. The van der Waals surface area contributed by atoms with E-state index in [-0.39, 0.29) is 0 Å². The van der Waals surface area contributed by atoms with E-state index < -0.39 is 0 Å². The van der Waals surface area contributed by atoms with Crippen LogP contribution in [0.15, 0.2) is 30.5 Å². The number of benzene rings is 1. The number of aromatic nitrogens is 2. The SMILES string of the molecule is Cc1cn(C2CC2)c(Nc2cccc(C(C)C)c2)n1. The Kier molecular flexibility index (Phi) is 3.05. The van der Waals surface area contributed by atoms with Crippen molar-refractivity contribution in [2.45, 2.75) is 45.6 Å². The fourth-order valence-corrected chi connectivity index (χ4v) is 2.34. The van der Waals surface area contributed by atoms with Gasteiger partial charge in [0.1, 0.15) is 0 Å². The lowest BCUT2D eigenvalue weighted by Gasteiger charge is -2.11. The molecule has 0 unspecified atom stereocenters. The van der Waals surface area contributed by atoms with Crippen LogP contribution in [0.5, 0.6) is 0 Å². The summed E-state index contributed by atoms with van der Waals surface area (Å²) in [6, 6.07) is 9.25. The Labute approximate surface area is 114 Å². The van der Waals surface area contributed by atoms with E-state index in [2.05, 4.69) is 66.1 Å². The smallest absolute Gasteiger partial charge is 0.207 e. The second-order valence-corrected chi connectivity index (χ2v) is 5.75. The summed E-state index contributed by atoms with van der Waals surface area (Å²) in [5.41, 5.74) is 3.55. The minimum absolute atomic E-state index is 0.548. The van der Waals surface area contributed by atoms with Crippen LogP contribution < -0.4 is 5.32 Å². The van der Waals surface area contributed by atoms with Gasteiger partial charge in [0.2, 0.25) is 5.95 Å². The molecule has 3 nitrogen and oxygen atoms in total. The third-order valence-corrected chi connectivity index (χ3v) is 3.60. The molecule has 0 bridgehead atoms. The number of hydrogen-bond donors (Lipinski definition) is 1. The molecule has 19 heavy (non-hydrogen) atoms. The summed E-state index contributed by atoms with van der Waals surface area (Å²) in [6.45, 7) is 6.48. The van der Waals surface area contributed by atoms with E-state index in [4.69, 9.17) is 0 Å². The van der Waals surface area contributed by atoms with Crippen LogP contribution in [-0.4, -0.2) is 9.55 Å². The Morgan fingerprint density at radius 2 is 2.11 bits per heavy atom. The summed E-state index contributed by atoms with van der Waals surface area (Å²) in [7, 11) is 0. The average molecular weight is 255 g/mol. The molecule has 1 aliphatic rings. The van der Waals surface area contributed by atoms with Crippen LogP contribution in [0.3, 0.4) is 0 Å². The van der Waals surface area contributed by atoms with E-state index in [0.717, 1.165) is 17.3 Å². The monoisotopic (exact) mass is 255 g/mol. The molecule has 1 saturated carbocycles. The molecule has 3 rings (SSSR count). The standard InChI is InChI=1S/C16H21N3/c1-11(2)13-5-4-6-14(9-13)18-16-17-12(3)10-19(16)15-7-8-15/h4-6,9-11,15H,7-8H2,1-3H3,(H,17,18). The molecule has 1 aromatic heterocycles. The molecule has 2 aromatic rings. The Hall–Kier alpha value is -1.77. The van der Waals surface area contributed by atoms with Gasteiger partial charge in [0.25, 0.3) is 0 Å². The van der Waals surface area contributed by atoms with Crippen molar-refractivity contribution in [3.05, 3.63) is 41.7 Å². The number of imidazole rings is 1. The van der Waals surface area contributed by atoms with Crippen molar-refractivity contribution >= 4 is 11.6 Å². The first-order chi connectivity index (χ1) is 9.13. The number of anilines is 2. The molecule has 100 valence electrons. The van der Waals surface area contributed by atoms with Crippen molar-refractivity contribution in [3.8, 4) is 0 Å². The zero-order valence-electron chi connectivity index (χ0n) is 11.9. The molecular weight excluding hydrogens is 234 g/mol. The van der Waals surface area contributed by atoms with E-state index in [1.54, 1.807) is 0 Å². The second kappa shape index (κ2) is 4.72. The van der Waals surface area contributed by atoms with Crippen LogP contribution >= 0.6 is 0 Å². The van der Waals surface area contributed by atoms with Crippen LogP contribution in [0.4, 0.5) is 11.6 Å². The zero-order valence-corrected chi connectivity index (χ0v) is 11.9. The maximum absolute atomic E-state index is 4.59. The highest BCUT2D eigenvalue weighted by molar-refractivity contribution is 5.55.